The first-order chi connectivity index (χ1) is 15.9. The van der Waals surface area contributed by atoms with Crippen molar-refractivity contribution in [2.24, 2.45) is 0 Å². The molecule has 0 saturated carbocycles. The van der Waals surface area contributed by atoms with Crippen LogP contribution in [0.3, 0.4) is 0 Å². The van der Waals surface area contributed by atoms with Crippen molar-refractivity contribution in [3.63, 3.8) is 0 Å². The Bertz CT molecular complexity index is 1080. The third-order valence-electron chi connectivity index (χ3n) is 5.69. The average Bonchev–Trinajstić information content (AvgIpc) is 3.08. The van der Waals surface area contributed by atoms with Crippen LogP contribution in [0.1, 0.15) is 29.2 Å². The minimum absolute atomic E-state index is 0.00598. The standard InChI is InChI=1S/C25H29NO7/c1-15-13-16(7-9-19(15)32-4)23(27)21-22(18-14-17(31-3)8-10-20(18)33-5)26(11-6-12-30-2)25(29)24(21)28/h7-10,13-14,22,27H,6,11-12H2,1-5H3/t22-/m0/s1. The molecular weight excluding hydrogens is 426 g/mol. The molecule has 1 atom stereocenters. The van der Waals surface area contributed by atoms with Crippen molar-refractivity contribution in [3.05, 3.63) is 58.7 Å². The van der Waals surface area contributed by atoms with Crippen molar-refractivity contribution in [1.82, 2.24) is 4.90 Å². The Morgan fingerprint density at radius 2 is 1.67 bits per heavy atom. The van der Waals surface area contributed by atoms with Gasteiger partial charge in [0.2, 0.25) is 0 Å². The van der Waals surface area contributed by atoms with Crippen molar-refractivity contribution in [3.8, 4) is 17.2 Å². The molecule has 2 aromatic carbocycles. The largest absolute Gasteiger partial charge is 0.507 e. The molecule has 8 nitrogen and oxygen atoms in total. The highest BCUT2D eigenvalue weighted by molar-refractivity contribution is 6.46. The summed E-state index contributed by atoms with van der Waals surface area (Å²) in [6.45, 7) is 2.52. The quantitative estimate of drug-likeness (QED) is 0.268. The fraction of sp³-hybridized carbons (Fsp3) is 0.360. The summed E-state index contributed by atoms with van der Waals surface area (Å²) in [5.41, 5.74) is 1.73. The Kier molecular flexibility index (Phi) is 7.60. The van der Waals surface area contributed by atoms with Crippen molar-refractivity contribution < 1.29 is 33.6 Å². The monoisotopic (exact) mass is 455 g/mol. The number of hydrogen-bond acceptors (Lipinski definition) is 7. The maximum absolute atomic E-state index is 13.2. The van der Waals surface area contributed by atoms with E-state index in [9.17, 15) is 14.7 Å². The molecule has 1 amide bonds. The molecule has 1 N–H and O–H groups in total. The van der Waals surface area contributed by atoms with Crippen LogP contribution in [0.5, 0.6) is 17.2 Å². The normalized spacial score (nSPS) is 17.4. The van der Waals surface area contributed by atoms with E-state index in [4.69, 9.17) is 18.9 Å². The summed E-state index contributed by atoms with van der Waals surface area (Å²) in [4.78, 5) is 27.7. The lowest BCUT2D eigenvalue weighted by Crippen LogP contribution is -2.31. The van der Waals surface area contributed by atoms with Gasteiger partial charge in [-0.15, -0.1) is 0 Å². The van der Waals surface area contributed by atoms with Gasteiger partial charge >= 0.3 is 0 Å². The molecule has 1 aliphatic heterocycles. The lowest BCUT2D eigenvalue weighted by Gasteiger charge is -2.27. The maximum Gasteiger partial charge on any atom is 0.295 e. The van der Waals surface area contributed by atoms with Gasteiger partial charge in [0.05, 0.1) is 32.9 Å². The number of carbonyl (C=O) groups is 2. The van der Waals surface area contributed by atoms with Gasteiger partial charge in [0.1, 0.15) is 23.0 Å². The van der Waals surface area contributed by atoms with E-state index in [0.717, 1.165) is 5.56 Å². The van der Waals surface area contributed by atoms with E-state index < -0.39 is 17.7 Å². The summed E-state index contributed by atoms with van der Waals surface area (Å²) in [5, 5.41) is 11.3. The van der Waals surface area contributed by atoms with Gasteiger partial charge in [-0.25, -0.2) is 0 Å². The molecule has 33 heavy (non-hydrogen) atoms. The Hall–Kier alpha value is -3.52. The van der Waals surface area contributed by atoms with Gasteiger partial charge in [-0.1, -0.05) is 0 Å². The summed E-state index contributed by atoms with van der Waals surface area (Å²) in [6.07, 6.45) is 0.522. The molecule has 0 aromatic heterocycles. The number of aliphatic hydroxyl groups excluding tert-OH is 1. The molecule has 1 aliphatic rings. The summed E-state index contributed by atoms with van der Waals surface area (Å²) in [5.74, 6) is -0.0494. The molecule has 1 heterocycles. The van der Waals surface area contributed by atoms with E-state index in [2.05, 4.69) is 0 Å². The number of aryl methyl sites for hydroxylation is 1. The van der Waals surface area contributed by atoms with Gasteiger partial charge in [-0.3, -0.25) is 9.59 Å². The fourth-order valence-electron chi connectivity index (χ4n) is 4.05. The number of carbonyl (C=O) groups excluding carboxylic acids is 2. The number of ether oxygens (including phenoxy) is 4. The third kappa shape index (κ3) is 4.66. The Labute approximate surface area is 193 Å². The Balaban J connectivity index is 2.22. The smallest absolute Gasteiger partial charge is 0.295 e. The van der Waals surface area contributed by atoms with Crippen LogP contribution in [0.15, 0.2) is 42.0 Å². The summed E-state index contributed by atoms with van der Waals surface area (Å²) < 4.78 is 21.3. The summed E-state index contributed by atoms with van der Waals surface area (Å²) >= 11 is 0. The van der Waals surface area contributed by atoms with Crippen LogP contribution in [0.25, 0.3) is 5.76 Å². The summed E-state index contributed by atoms with van der Waals surface area (Å²) in [7, 11) is 6.17. The van der Waals surface area contributed by atoms with E-state index in [-0.39, 0.29) is 17.9 Å². The van der Waals surface area contributed by atoms with E-state index in [1.54, 1.807) is 50.6 Å². The second-order valence-corrected chi connectivity index (χ2v) is 7.63. The number of methoxy groups -OCH3 is 4. The molecule has 3 rings (SSSR count). The van der Waals surface area contributed by atoms with E-state index in [1.165, 1.54) is 19.1 Å². The predicted octanol–water partition coefficient (Wildman–Crippen LogP) is 3.48. The molecule has 8 heteroatoms. The fourth-order valence-corrected chi connectivity index (χ4v) is 4.05. The minimum Gasteiger partial charge on any atom is -0.507 e. The number of likely N-dealkylation sites (tertiary alicyclic amines) is 1. The predicted molar refractivity (Wildman–Crippen MR) is 123 cm³/mol. The number of nitrogens with zero attached hydrogens (tertiary/aromatic N) is 1. The van der Waals surface area contributed by atoms with E-state index >= 15 is 0 Å². The average molecular weight is 456 g/mol. The second kappa shape index (κ2) is 10.4. The van der Waals surface area contributed by atoms with E-state index in [0.29, 0.717) is 41.4 Å². The molecular formula is C25H29NO7. The Morgan fingerprint density at radius 3 is 2.27 bits per heavy atom. The van der Waals surface area contributed by atoms with Gasteiger partial charge in [0.25, 0.3) is 11.7 Å². The number of benzene rings is 2. The number of rotatable bonds is 9. The highest BCUT2D eigenvalue weighted by Gasteiger charge is 2.47. The van der Waals surface area contributed by atoms with Crippen LogP contribution in [0, 0.1) is 6.92 Å². The molecule has 0 unspecified atom stereocenters. The zero-order valence-corrected chi connectivity index (χ0v) is 19.5. The molecule has 0 spiro atoms. The van der Waals surface area contributed by atoms with Crippen molar-refractivity contribution >= 4 is 17.4 Å². The number of Topliss-reactive ketones (excluding diaryl/α,β-unsaturated/α-hetero) is 1. The highest BCUT2D eigenvalue weighted by atomic mass is 16.5. The van der Waals surface area contributed by atoms with Crippen LogP contribution in [-0.2, 0) is 14.3 Å². The molecule has 1 saturated heterocycles. The molecule has 0 aliphatic carbocycles. The van der Waals surface area contributed by atoms with Gasteiger partial charge in [0.15, 0.2) is 0 Å². The SMILES string of the molecule is COCCCN1C(=O)C(=O)C(=C(O)c2ccc(OC)c(C)c2)[C@@H]1c1cc(OC)ccc1OC. The van der Waals surface area contributed by atoms with Gasteiger partial charge in [-0.05, 0) is 55.3 Å². The molecule has 176 valence electrons. The highest BCUT2D eigenvalue weighted by Crippen LogP contribution is 2.44. The first-order valence-corrected chi connectivity index (χ1v) is 10.5. The number of aliphatic hydroxyl groups is 1. The lowest BCUT2D eigenvalue weighted by molar-refractivity contribution is -0.140. The number of hydrogen-bond donors (Lipinski definition) is 1. The first-order valence-electron chi connectivity index (χ1n) is 10.5. The van der Waals surface area contributed by atoms with E-state index in [1.807, 2.05) is 6.92 Å². The van der Waals surface area contributed by atoms with Crippen molar-refractivity contribution in [1.29, 1.82) is 0 Å². The maximum atomic E-state index is 13.2. The summed E-state index contributed by atoms with van der Waals surface area (Å²) in [6, 6.07) is 9.37. The van der Waals surface area contributed by atoms with Crippen molar-refractivity contribution in [2.75, 3.05) is 41.6 Å². The van der Waals surface area contributed by atoms with Crippen LogP contribution in [0.2, 0.25) is 0 Å². The van der Waals surface area contributed by atoms with Crippen LogP contribution < -0.4 is 14.2 Å². The van der Waals surface area contributed by atoms with Crippen LogP contribution in [0.4, 0.5) is 0 Å². The van der Waals surface area contributed by atoms with Crippen molar-refractivity contribution in [2.45, 2.75) is 19.4 Å². The van der Waals surface area contributed by atoms with Gasteiger partial charge < -0.3 is 29.0 Å². The van der Waals surface area contributed by atoms with Crippen LogP contribution >= 0.6 is 0 Å². The zero-order chi connectivity index (χ0) is 24.1. The molecule has 0 radical (unpaired) electrons. The molecule has 2 aromatic rings. The molecule has 1 fully saturated rings. The number of ketones is 1. The minimum atomic E-state index is -0.852. The Morgan fingerprint density at radius 1 is 0.970 bits per heavy atom. The molecule has 0 bridgehead atoms. The van der Waals surface area contributed by atoms with Gasteiger partial charge in [0, 0.05) is 31.4 Å². The number of amides is 1. The first kappa shape index (κ1) is 24.1. The topological polar surface area (TPSA) is 94.5 Å². The second-order valence-electron chi connectivity index (χ2n) is 7.63. The zero-order valence-electron chi connectivity index (χ0n) is 19.5. The third-order valence-corrected chi connectivity index (χ3v) is 5.69. The van der Waals surface area contributed by atoms with Gasteiger partial charge in [-0.2, -0.15) is 0 Å². The van der Waals surface area contributed by atoms with Crippen LogP contribution in [-0.4, -0.2) is 63.3 Å². The lowest BCUT2D eigenvalue weighted by atomic mass is 9.94.